The third kappa shape index (κ3) is 6.79. The second kappa shape index (κ2) is 13.0. The Labute approximate surface area is 244 Å². The van der Waals surface area contributed by atoms with Crippen molar-refractivity contribution in [1.29, 1.82) is 0 Å². The predicted molar refractivity (Wildman–Crippen MR) is 159 cm³/mol. The maximum atomic E-state index is 14.1. The van der Waals surface area contributed by atoms with Gasteiger partial charge in [-0.15, -0.1) is 0 Å². The van der Waals surface area contributed by atoms with Gasteiger partial charge in [-0.25, -0.2) is 9.18 Å². The molecule has 0 atom stereocenters. The van der Waals surface area contributed by atoms with E-state index in [1.807, 2.05) is 11.0 Å². The van der Waals surface area contributed by atoms with E-state index in [9.17, 15) is 18.8 Å². The van der Waals surface area contributed by atoms with Crippen molar-refractivity contribution in [2.45, 2.75) is 25.7 Å². The summed E-state index contributed by atoms with van der Waals surface area (Å²) in [7, 11) is 0. The van der Waals surface area contributed by atoms with Crippen LogP contribution in [0.5, 0.6) is 0 Å². The SMILES string of the molecule is O=C(Nc1ccc(N2CCCN(C(=O)Nc3ccccc3F)CC2)c(C(=O)N2CCCCC2)c1)c1ccccc1Cl. The molecule has 4 amide bonds. The second-order valence-corrected chi connectivity index (χ2v) is 10.7. The van der Waals surface area contributed by atoms with Crippen LogP contribution in [0.4, 0.5) is 26.2 Å². The second-order valence-electron chi connectivity index (χ2n) is 10.3. The quantitative estimate of drug-likeness (QED) is 0.384. The van der Waals surface area contributed by atoms with Crippen LogP contribution in [-0.4, -0.2) is 66.9 Å². The molecule has 0 radical (unpaired) electrons. The van der Waals surface area contributed by atoms with Crippen molar-refractivity contribution in [2.75, 3.05) is 54.8 Å². The van der Waals surface area contributed by atoms with Gasteiger partial charge in [0.2, 0.25) is 0 Å². The maximum Gasteiger partial charge on any atom is 0.321 e. The summed E-state index contributed by atoms with van der Waals surface area (Å²) in [5, 5.41) is 5.89. The molecule has 0 bridgehead atoms. The van der Waals surface area contributed by atoms with Crippen molar-refractivity contribution < 1.29 is 18.8 Å². The monoisotopic (exact) mass is 577 g/mol. The summed E-state index contributed by atoms with van der Waals surface area (Å²) in [5.41, 5.74) is 2.26. The summed E-state index contributed by atoms with van der Waals surface area (Å²) < 4.78 is 14.1. The molecule has 2 aliphatic heterocycles. The number of anilines is 3. The van der Waals surface area contributed by atoms with E-state index in [0.29, 0.717) is 67.5 Å². The van der Waals surface area contributed by atoms with Crippen LogP contribution in [0.15, 0.2) is 66.7 Å². The molecule has 0 spiro atoms. The highest BCUT2D eigenvalue weighted by molar-refractivity contribution is 6.34. The Balaban J connectivity index is 1.36. The van der Waals surface area contributed by atoms with Crippen molar-refractivity contribution >= 4 is 46.5 Å². The Morgan fingerprint density at radius 3 is 2.22 bits per heavy atom. The van der Waals surface area contributed by atoms with Crippen LogP contribution in [-0.2, 0) is 0 Å². The summed E-state index contributed by atoms with van der Waals surface area (Å²) in [4.78, 5) is 45.2. The van der Waals surface area contributed by atoms with Crippen molar-refractivity contribution in [3.8, 4) is 0 Å². The number of para-hydroxylation sites is 1. The fourth-order valence-electron chi connectivity index (χ4n) is 5.29. The Bertz CT molecular complexity index is 1430. The number of hydrogen-bond donors (Lipinski definition) is 2. The third-order valence-electron chi connectivity index (χ3n) is 7.49. The van der Waals surface area contributed by atoms with Gasteiger partial charge in [0, 0.05) is 50.6 Å². The van der Waals surface area contributed by atoms with E-state index in [-0.39, 0.29) is 23.5 Å². The number of carbonyl (C=O) groups is 3. The normalized spacial score (nSPS) is 15.7. The third-order valence-corrected chi connectivity index (χ3v) is 7.82. The largest absolute Gasteiger partial charge is 0.369 e. The van der Waals surface area contributed by atoms with Gasteiger partial charge in [-0.1, -0.05) is 35.9 Å². The van der Waals surface area contributed by atoms with Gasteiger partial charge in [0.05, 0.1) is 21.8 Å². The van der Waals surface area contributed by atoms with Gasteiger partial charge in [-0.3, -0.25) is 9.59 Å². The minimum atomic E-state index is -0.486. The lowest BCUT2D eigenvalue weighted by atomic mass is 10.1. The molecule has 0 saturated carbocycles. The fraction of sp³-hybridized carbons (Fsp3) is 0.323. The number of likely N-dealkylation sites (tertiary alicyclic amines) is 1. The number of carbonyl (C=O) groups excluding carboxylic acids is 3. The lowest BCUT2D eigenvalue weighted by molar-refractivity contribution is 0.0724. The van der Waals surface area contributed by atoms with Crippen molar-refractivity contribution in [3.63, 3.8) is 0 Å². The van der Waals surface area contributed by atoms with Gasteiger partial charge in [-0.05, 0) is 68.1 Å². The molecule has 3 aromatic rings. The number of amides is 4. The Kier molecular flexibility index (Phi) is 9.04. The number of nitrogens with zero attached hydrogens (tertiary/aromatic N) is 3. The topological polar surface area (TPSA) is 85.0 Å². The molecule has 2 heterocycles. The van der Waals surface area contributed by atoms with Crippen LogP contribution in [0.3, 0.4) is 0 Å². The fourth-order valence-corrected chi connectivity index (χ4v) is 5.51. The minimum absolute atomic E-state index is 0.0769. The number of hydrogen-bond acceptors (Lipinski definition) is 4. The number of halogens is 2. The smallest absolute Gasteiger partial charge is 0.321 e. The first-order valence-electron chi connectivity index (χ1n) is 14.0. The highest BCUT2D eigenvalue weighted by Crippen LogP contribution is 2.29. The number of nitrogens with one attached hydrogen (secondary N) is 2. The average molecular weight is 578 g/mol. The van der Waals surface area contributed by atoms with E-state index in [2.05, 4.69) is 15.5 Å². The van der Waals surface area contributed by atoms with Gasteiger partial charge in [-0.2, -0.15) is 0 Å². The number of rotatable bonds is 5. The van der Waals surface area contributed by atoms with E-state index < -0.39 is 5.82 Å². The molecule has 41 heavy (non-hydrogen) atoms. The molecular weight excluding hydrogens is 545 g/mol. The van der Waals surface area contributed by atoms with E-state index >= 15 is 0 Å². The van der Waals surface area contributed by atoms with Gasteiger partial charge in [0.15, 0.2) is 0 Å². The maximum absolute atomic E-state index is 14.1. The molecule has 8 nitrogen and oxygen atoms in total. The van der Waals surface area contributed by atoms with Crippen LogP contribution in [0, 0.1) is 5.82 Å². The summed E-state index contributed by atoms with van der Waals surface area (Å²) in [6.45, 7) is 3.42. The first-order valence-corrected chi connectivity index (χ1v) is 14.3. The molecule has 214 valence electrons. The number of piperidine rings is 1. The van der Waals surface area contributed by atoms with Crippen molar-refractivity contribution in [3.05, 3.63) is 88.7 Å². The van der Waals surface area contributed by atoms with Crippen LogP contribution in [0.25, 0.3) is 0 Å². The number of urea groups is 1. The first kappa shape index (κ1) is 28.4. The van der Waals surface area contributed by atoms with E-state index in [1.165, 1.54) is 12.1 Å². The van der Waals surface area contributed by atoms with Crippen LogP contribution in [0.1, 0.15) is 46.4 Å². The highest BCUT2D eigenvalue weighted by Gasteiger charge is 2.26. The number of benzene rings is 3. The molecule has 2 N–H and O–H groups in total. The van der Waals surface area contributed by atoms with Crippen molar-refractivity contribution in [1.82, 2.24) is 9.80 Å². The van der Waals surface area contributed by atoms with Crippen LogP contribution >= 0.6 is 11.6 Å². The lowest BCUT2D eigenvalue weighted by Gasteiger charge is -2.30. The van der Waals surface area contributed by atoms with Crippen LogP contribution < -0.4 is 15.5 Å². The zero-order valence-corrected chi connectivity index (χ0v) is 23.5. The lowest BCUT2D eigenvalue weighted by Crippen LogP contribution is -2.39. The molecule has 5 rings (SSSR count). The van der Waals surface area contributed by atoms with Crippen molar-refractivity contribution in [2.24, 2.45) is 0 Å². The molecule has 0 aliphatic carbocycles. The first-order chi connectivity index (χ1) is 19.9. The molecule has 0 aromatic heterocycles. The van der Waals surface area contributed by atoms with E-state index in [1.54, 1.807) is 53.4 Å². The van der Waals surface area contributed by atoms with Gasteiger partial charge < -0.3 is 25.3 Å². The molecule has 3 aromatic carbocycles. The summed E-state index contributed by atoms with van der Waals surface area (Å²) in [6.07, 6.45) is 3.69. The summed E-state index contributed by atoms with van der Waals surface area (Å²) in [5.74, 6) is -0.919. The predicted octanol–water partition coefficient (Wildman–Crippen LogP) is 6.10. The zero-order chi connectivity index (χ0) is 28.8. The molecule has 2 fully saturated rings. The molecule has 2 aliphatic rings. The highest BCUT2D eigenvalue weighted by atomic mass is 35.5. The molecule has 2 saturated heterocycles. The van der Waals surface area contributed by atoms with Gasteiger partial charge in [0.25, 0.3) is 11.8 Å². The molecule has 10 heteroatoms. The Morgan fingerprint density at radius 1 is 0.707 bits per heavy atom. The minimum Gasteiger partial charge on any atom is -0.369 e. The summed E-state index contributed by atoms with van der Waals surface area (Å²) in [6, 6.07) is 17.9. The van der Waals surface area contributed by atoms with Gasteiger partial charge >= 0.3 is 6.03 Å². The Morgan fingerprint density at radius 2 is 1.44 bits per heavy atom. The molecular formula is C31H33ClFN5O3. The summed E-state index contributed by atoms with van der Waals surface area (Å²) >= 11 is 6.22. The van der Waals surface area contributed by atoms with E-state index in [4.69, 9.17) is 11.6 Å². The van der Waals surface area contributed by atoms with E-state index in [0.717, 1.165) is 24.9 Å². The van der Waals surface area contributed by atoms with Crippen LogP contribution in [0.2, 0.25) is 5.02 Å². The standard InChI is InChI=1S/C31H33ClFN5O3/c32-25-10-3-2-9-23(25)29(39)34-22-13-14-28(24(21-22)30(40)37-15-6-1-7-16-37)36-17-8-18-38(20-19-36)31(41)35-27-12-5-4-11-26(27)33/h2-5,9-14,21H,1,6-8,15-20H2,(H,34,39)(H,35,41). The van der Waals surface area contributed by atoms with Gasteiger partial charge in [0.1, 0.15) is 5.82 Å². The average Bonchev–Trinajstić information content (AvgIpc) is 3.25. The molecule has 0 unspecified atom stereocenters. The zero-order valence-electron chi connectivity index (χ0n) is 22.7. The Hall–Kier alpha value is -4.11.